The molecule has 3 N–H and O–H groups in total. The average Bonchev–Trinajstić information content (AvgIpc) is 3.21. The first-order valence-corrected chi connectivity index (χ1v) is 32.2. The molecule has 0 aliphatic carbocycles. The molecule has 0 spiro atoms. The first kappa shape index (κ1) is 59.3. The zero-order valence-electron chi connectivity index (χ0n) is 52.3. The van der Waals surface area contributed by atoms with Gasteiger partial charge in [-0.1, -0.05) is 36.4 Å². The summed E-state index contributed by atoms with van der Waals surface area (Å²) < 4.78 is 6.72. The highest BCUT2D eigenvalue weighted by atomic mass is 16.1. The fourth-order valence-corrected chi connectivity index (χ4v) is 14.1. The number of hydrogen-bond donors (Lipinski definition) is 3. The Balaban J connectivity index is 0.000000122. The van der Waals surface area contributed by atoms with E-state index in [1.54, 1.807) is 6.20 Å². The lowest BCUT2D eigenvalue weighted by Gasteiger charge is -2.34. The van der Waals surface area contributed by atoms with Crippen LogP contribution in [0.1, 0.15) is 138 Å². The summed E-state index contributed by atoms with van der Waals surface area (Å²) in [5.74, 6) is 3.92. The lowest BCUT2D eigenvalue weighted by Crippen LogP contribution is -2.45. The number of ketones is 1. The number of pyridine rings is 6. The van der Waals surface area contributed by atoms with Gasteiger partial charge in [0.25, 0.3) is 0 Å². The summed E-state index contributed by atoms with van der Waals surface area (Å²) in [6.07, 6.45) is 20.0. The van der Waals surface area contributed by atoms with Gasteiger partial charge in [0.2, 0.25) is 0 Å². The Bertz CT molecular complexity index is 3670. The third-order valence-electron chi connectivity index (χ3n) is 19.2. The molecule has 0 saturated carbocycles. The number of rotatable bonds is 9. The highest BCUT2D eigenvalue weighted by molar-refractivity contribution is 5.81. The molecule has 6 aliphatic heterocycles. The Hall–Kier alpha value is -7.65. The molecule has 88 heavy (non-hydrogen) atoms. The fraction of sp³-hybridized carbons (Fsp3) is 0.464. The Morgan fingerprint density at radius 2 is 0.693 bits per heavy atom. The monoisotopic (exact) mass is 1180 g/mol. The number of fused-ring (bicyclic) bond motifs is 3. The van der Waals surface area contributed by atoms with Crippen LogP contribution in [0.2, 0.25) is 0 Å². The highest BCUT2D eigenvalue weighted by Gasteiger charge is 2.33. The second-order valence-corrected chi connectivity index (χ2v) is 25.4. The standard InChI is InChI=1S/C23H28N6O.2C23H30N6/c1-16-5-4-8-24-23(16)19-14-17(30)13-18(25-19)20-15-29-21(26-20)6-3-7-22(29)28-11-9-27(2)10-12-28;2*1-17-6-5-11-24-23(17)19-8-3-7-18(25-19)20-16-29-21(26-20)9-4-10-22(29)28-14-12-27(2)13-15-28/h3-8,15,18-19,25H,9-14H2,1-2H3;2*4-6,9-11,16,18-19,25H,3,7-8,12-15H2,1-2H3/t;18-,19+;18-,19-/m.00/s1. The Morgan fingerprint density at radius 1 is 0.375 bits per heavy atom. The molecule has 0 bridgehead atoms. The minimum absolute atomic E-state index is 0.0700. The van der Waals surface area contributed by atoms with Crippen LogP contribution in [0.5, 0.6) is 0 Å². The van der Waals surface area contributed by atoms with Crippen molar-refractivity contribution in [3.05, 3.63) is 179 Å². The number of hydrogen-bond acceptors (Lipinski definition) is 16. The second kappa shape index (κ2) is 26.6. The second-order valence-electron chi connectivity index (χ2n) is 25.4. The van der Waals surface area contributed by atoms with Crippen molar-refractivity contribution >= 4 is 40.2 Å². The highest BCUT2D eigenvalue weighted by Crippen LogP contribution is 2.37. The Morgan fingerprint density at radius 3 is 1.06 bits per heavy atom. The van der Waals surface area contributed by atoms with Crippen LogP contribution in [0, 0.1) is 20.8 Å². The van der Waals surface area contributed by atoms with Crippen molar-refractivity contribution in [2.24, 2.45) is 0 Å². The van der Waals surface area contributed by atoms with Crippen LogP contribution >= 0.6 is 0 Å². The zero-order chi connectivity index (χ0) is 60.3. The topological polar surface area (TPSA) is 163 Å². The van der Waals surface area contributed by atoms with E-state index in [2.05, 4.69) is 188 Å². The molecular weight excluding hydrogens is 1100 g/mol. The largest absolute Gasteiger partial charge is 0.355 e. The first-order chi connectivity index (χ1) is 43.0. The molecule has 15 rings (SSSR count). The Labute approximate surface area is 518 Å². The van der Waals surface area contributed by atoms with E-state index >= 15 is 0 Å². The van der Waals surface area contributed by atoms with Crippen LogP contribution in [0.4, 0.5) is 17.5 Å². The molecule has 460 valence electrons. The van der Waals surface area contributed by atoms with Gasteiger partial charge in [-0.2, -0.15) is 0 Å². The van der Waals surface area contributed by atoms with Crippen LogP contribution in [-0.4, -0.2) is 163 Å². The van der Waals surface area contributed by atoms with Gasteiger partial charge in [-0.15, -0.1) is 0 Å². The maximum atomic E-state index is 12.6. The van der Waals surface area contributed by atoms with Crippen molar-refractivity contribution in [3.8, 4) is 0 Å². The molecule has 6 atom stereocenters. The molecule has 15 heterocycles. The minimum atomic E-state index is -0.0992. The molecule has 0 radical (unpaired) electrons. The van der Waals surface area contributed by atoms with Crippen molar-refractivity contribution in [2.45, 2.75) is 108 Å². The number of piperidine rings is 3. The van der Waals surface area contributed by atoms with E-state index in [4.69, 9.17) is 15.0 Å². The van der Waals surface area contributed by atoms with Crippen LogP contribution in [0.3, 0.4) is 0 Å². The van der Waals surface area contributed by atoms with Crippen molar-refractivity contribution in [1.29, 1.82) is 0 Å². The molecule has 0 aromatic carbocycles. The number of aromatic nitrogens is 9. The summed E-state index contributed by atoms with van der Waals surface area (Å²) in [6, 6.07) is 32.5. The lowest BCUT2D eigenvalue weighted by atomic mass is 9.92. The van der Waals surface area contributed by atoms with Gasteiger partial charge in [0, 0.05) is 129 Å². The van der Waals surface area contributed by atoms with Crippen molar-refractivity contribution in [2.75, 3.05) is 114 Å². The molecule has 9 aromatic heterocycles. The van der Waals surface area contributed by atoms with E-state index in [1.807, 2.05) is 49.6 Å². The number of carbonyl (C=O) groups is 1. The van der Waals surface area contributed by atoms with Crippen molar-refractivity contribution < 1.29 is 4.79 Å². The molecule has 6 aliphatic rings. The van der Waals surface area contributed by atoms with Gasteiger partial charge < -0.3 is 40.0 Å². The van der Waals surface area contributed by atoms with E-state index in [1.165, 1.54) is 52.8 Å². The summed E-state index contributed by atoms with van der Waals surface area (Å²) in [5, 5.41) is 11.3. The summed E-state index contributed by atoms with van der Waals surface area (Å²) in [6.45, 7) is 19.1. The number of nitrogens with zero attached hydrogens (tertiary/aromatic N) is 15. The van der Waals surface area contributed by atoms with Gasteiger partial charge in [-0.3, -0.25) is 38.3 Å². The van der Waals surface area contributed by atoms with E-state index in [9.17, 15) is 4.79 Å². The van der Waals surface area contributed by atoms with Gasteiger partial charge in [0.05, 0.1) is 70.4 Å². The molecule has 19 nitrogen and oxygen atoms in total. The first-order valence-electron chi connectivity index (χ1n) is 32.2. The SMILES string of the molecule is Cc1cccnc1C1CC(=O)CC(c2cn3c(N4CCN(C)CC4)cccc3n2)N1.Cc1cccnc1[C@@H]1CCC[C@@H](c2cn3c(N4CCN(C)CC4)cccc3n2)N1.Cc1cccnc1[C@H]1CCC[C@@H](c2cn3c(N4CCN(C)CC4)cccc3n2)N1. The molecular formula is C69H88N18O. The third kappa shape index (κ3) is 13.1. The van der Waals surface area contributed by atoms with Crippen LogP contribution in [0.25, 0.3) is 16.9 Å². The predicted molar refractivity (Wildman–Crippen MR) is 349 cm³/mol. The molecule has 9 aromatic rings. The third-order valence-corrected chi connectivity index (χ3v) is 19.2. The quantitative estimate of drug-likeness (QED) is 0.125. The number of anilines is 3. The number of aryl methyl sites for hydroxylation is 3. The number of Topliss-reactive ketones (excluding diaryl/α,β-unsaturated/α-hetero) is 1. The van der Waals surface area contributed by atoms with Gasteiger partial charge in [0.1, 0.15) is 40.2 Å². The summed E-state index contributed by atoms with van der Waals surface area (Å²) in [7, 11) is 6.56. The normalized spacial score (nSPS) is 23.5. The molecule has 6 saturated heterocycles. The minimum Gasteiger partial charge on any atom is -0.355 e. The lowest BCUT2D eigenvalue weighted by molar-refractivity contribution is -0.121. The maximum Gasteiger partial charge on any atom is 0.138 e. The van der Waals surface area contributed by atoms with Gasteiger partial charge in [-0.05, 0) is 152 Å². The van der Waals surface area contributed by atoms with Crippen molar-refractivity contribution in [3.63, 3.8) is 0 Å². The van der Waals surface area contributed by atoms with Crippen molar-refractivity contribution in [1.82, 2.24) is 73.8 Å². The smallest absolute Gasteiger partial charge is 0.138 e. The van der Waals surface area contributed by atoms with Gasteiger partial charge in [0.15, 0.2) is 0 Å². The number of imidazole rings is 3. The maximum absolute atomic E-state index is 12.6. The van der Waals surface area contributed by atoms with Crippen LogP contribution in [0.15, 0.2) is 128 Å². The predicted octanol–water partition coefficient (Wildman–Crippen LogP) is 9.22. The van der Waals surface area contributed by atoms with Gasteiger partial charge >= 0.3 is 0 Å². The van der Waals surface area contributed by atoms with E-state index in [-0.39, 0.29) is 30.0 Å². The summed E-state index contributed by atoms with van der Waals surface area (Å²) in [5.41, 5.74) is 13.1. The number of carbonyl (C=O) groups excluding carboxylic acids is 1. The van der Waals surface area contributed by atoms with Gasteiger partial charge in [-0.25, -0.2) is 15.0 Å². The van der Waals surface area contributed by atoms with Crippen LogP contribution < -0.4 is 30.7 Å². The van der Waals surface area contributed by atoms with E-state index in [0.29, 0.717) is 24.9 Å². The summed E-state index contributed by atoms with van der Waals surface area (Å²) >= 11 is 0. The number of piperazine rings is 3. The molecule has 19 heteroatoms. The van der Waals surface area contributed by atoms with Crippen LogP contribution in [-0.2, 0) is 4.79 Å². The zero-order valence-corrected chi connectivity index (χ0v) is 52.3. The molecule has 0 amide bonds. The summed E-state index contributed by atoms with van der Waals surface area (Å²) in [4.78, 5) is 55.8. The molecule has 2 unspecified atom stereocenters. The number of nitrogens with one attached hydrogen (secondary N) is 3. The average molecular weight is 1190 g/mol. The molecule has 6 fully saturated rings. The Kier molecular flexibility index (Phi) is 17.9. The fourth-order valence-electron chi connectivity index (χ4n) is 14.1. The number of likely N-dealkylation sites (N-methyl/N-ethyl adjacent to an activating group) is 3. The van der Waals surface area contributed by atoms with E-state index < -0.39 is 0 Å². The van der Waals surface area contributed by atoms with E-state index in [0.717, 1.165) is 150 Å².